The third kappa shape index (κ3) is 3.09. The molecule has 0 fully saturated rings. The Balaban J connectivity index is 2.30. The van der Waals surface area contributed by atoms with Crippen molar-refractivity contribution >= 4 is 5.97 Å². The highest BCUT2D eigenvalue weighted by molar-refractivity contribution is 5.76. The van der Waals surface area contributed by atoms with Crippen LogP contribution in [0.4, 0.5) is 0 Å². The van der Waals surface area contributed by atoms with Crippen LogP contribution in [0.15, 0.2) is 42.5 Å². The van der Waals surface area contributed by atoms with Crippen LogP contribution in [0.1, 0.15) is 22.6 Å². The first-order valence-corrected chi connectivity index (χ1v) is 6.27. The fraction of sp³-hybridized carbons (Fsp3) is 0.188. The van der Waals surface area contributed by atoms with Crippen molar-refractivity contribution in [2.24, 2.45) is 0 Å². The lowest BCUT2D eigenvalue weighted by Crippen LogP contribution is -2.14. The molecule has 2 aromatic rings. The third-order valence-electron chi connectivity index (χ3n) is 3.34. The summed E-state index contributed by atoms with van der Waals surface area (Å²) in [7, 11) is 0. The molecule has 20 heavy (non-hydrogen) atoms. The summed E-state index contributed by atoms with van der Waals surface area (Å²) < 4.78 is 0. The molecule has 2 aromatic carbocycles. The molecule has 0 radical (unpaired) electrons. The van der Waals surface area contributed by atoms with Crippen LogP contribution in [0.2, 0.25) is 0 Å². The quantitative estimate of drug-likeness (QED) is 0.799. The smallest absolute Gasteiger partial charge is 0.311 e. The van der Waals surface area contributed by atoms with Gasteiger partial charge in [0.2, 0.25) is 0 Å². The number of aliphatic carboxylic acids is 1. The number of phenolic OH excluding ortho intramolecular Hbond substituents is 2. The number of carboxylic acids is 1. The molecule has 4 heteroatoms. The normalized spacial score (nSPS) is 12.1. The van der Waals surface area contributed by atoms with Crippen molar-refractivity contribution in [3.8, 4) is 11.5 Å². The van der Waals surface area contributed by atoms with Gasteiger partial charge in [0.15, 0.2) is 0 Å². The second-order valence-electron chi connectivity index (χ2n) is 4.80. The van der Waals surface area contributed by atoms with Crippen molar-refractivity contribution in [2.45, 2.75) is 19.3 Å². The average molecular weight is 272 g/mol. The first-order valence-electron chi connectivity index (χ1n) is 6.27. The number of hydrogen-bond donors (Lipinski definition) is 3. The summed E-state index contributed by atoms with van der Waals surface area (Å²) in [6.45, 7) is 1.84. The molecular weight excluding hydrogens is 256 g/mol. The van der Waals surface area contributed by atoms with Gasteiger partial charge >= 0.3 is 5.97 Å². The summed E-state index contributed by atoms with van der Waals surface area (Å²) in [5, 5.41) is 28.0. The van der Waals surface area contributed by atoms with E-state index in [0.717, 1.165) is 11.1 Å². The maximum atomic E-state index is 11.5. The summed E-state index contributed by atoms with van der Waals surface area (Å²) >= 11 is 0. The molecule has 0 bridgehead atoms. The van der Waals surface area contributed by atoms with Crippen LogP contribution >= 0.6 is 0 Å². The molecule has 4 nitrogen and oxygen atoms in total. The Hall–Kier alpha value is -2.49. The Kier molecular flexibility index (Phi) is 3.94. The molecule has 0 aliphatic rings. The van der Waals surface area contributed by atoms with E-state index >= 15 is 0 Å². The zero-order valence-electron chi connectivity index (χ0n) is 11.1. The van der Waals surface area contributed by atoms with Gasteiger partial charge in [-0.05, 0) is 54.3 Å². The average Bonchev–Trinajstić information content (AvgIpc) is 2.39. The van der Waals surface area contributed by atoms with Crippen LogP contribution in [0.3, 0.4) is 0 Å². The van der Waals surface area contributed by atoms with E-state index in [2.05, 4.69) is 0 Å². The molecule has 1 unspecified atom stereocenters. The molecule has 0 saturated heterocycles. The number of aromatic hydroxyl groups is 2. The first-order chi connectivity index (χ1) is 9.47. The van der Waals surface area contributed by atoms with E-state index in [1.807, 2.05) is 6.92 Å². The second kappa shape index (κ2) is 5.65. The molecule has 2 rings (SSSR count). The highest BCUT2D eigenvalue weighted by Gasteiger charge is 2.21. The first kappa shape index (κ1) is 13.9. The summed E-state index contributed by atoms with van der Waals surface area (Å²) in [6.07, 6.45) is 0.340. The van der Waals surface area contributed by atoms with Gasteiger partial charge in [-0.15, -0.1) is 0 Å². The van der Waals surface area contributed by atoms with E-state index in [4.69, 9.17) is 0 Å². The SMILES string of the molecule is Cc1cc(O)ccc1CC(C(=O)O)c1ccc(O)cc1. The largest absolute Gasteiger partial charge is 0.508 e. The molecule has 0 spiro atoms. The van der Waals surface area contributed by atoms with E-state index in [9.17, 15) is 20.1 Å². The van der Waals surface area contributed by atoms with Crippen molar-refractivity contribution in [3.05, 3.63) is 59.2 Å². The zero-order valence-corrected chi connectivity index (χ0v) is 11.1. The van der Waals surface area contributed by atoms with Crippen LogP contribution in [0.5, 0.6) is 11.5 Å². The van der Waals surface area contributed by atoms with Gasteiger partial charge < -0.3 is 15.3 Å². The maximum absolute atomic E-state index is 11.5. The number of carbonyl (C=O) groups is 1. The van der Waals surface area contributed by atoms with Gasteiger partial charge in [0.25, 0.3) is 0 Å². The molecule has 0 aliphatic carbocycles. The summed E-state index contributed by atoms with van der Waals surface area (Å²) in [5.41, 5.74) is 2.38. The second-order valence-corrected chi connectivity index (χ2v) is 4.80. The Morgan fingerprint density at radius 2 is 1.65 bits per heavy atom. The summed E-state index contributed by atoms with van der Waals surface area (Å²) in [6, 6.07) is 11.1. The third-order valence-corrected chi connectivity index (χ3v) is 3.34. The predicted octanol–water partition coefficient (Wildman–Crippen LogP) is 2.82. The molecule has 0 aromatic heterocycles. The van der Waals surface area contributed by atoms with Crippen LogP contribution in [-0.4, -0.2) is 21.3 Å². The molecule has 0 amide bonds. The van der Waals surface area contributed by atoms with Crippen molar-refractivity contribution in [1.82, 2.24) is 0 Å². The van der Waals surface area contributed by atoms with Gasteiger partial charge in [0.05, 0.1) is 5.92 Å². The zero-order chi connectivity index (χ0) is 14.7. The highest BCUT2D eigenvalue weighted by atomic mass is 16.4. The Bertz CT molecular complexity index is 617. The minimum absolute atomic E-state index is 0.110. The standard InChI is InChI=1S/C16H16O4/c1-10-8-14(18)7-4-12(10)9-15(16(19)20)11-2-5-13(17)6-3-11/h2-8,15,17-18H,9H2,1H3,(H,19,20). The molecule has 0 aliphatic heterocycles. The number of rotatable bonds is 4. The minimum Gasteiger partial charge on any atom is -0.508 e. The van der Waals surface area contributed by atoms with E-state index in [-0.39, 0.29) is 11.5 Å². The van der Waals surface area contributed by atoms with Gasteiger partial charge in [-0.25, -0.2) is 0 Å². The van der Waals surface area contributed by atoms with E-state index in [0.29, 0.717) is 12.0 Å². The topological polar surface area (TPSA) is 77.8 Å². The highest BCUT2D eigenvalue weighted by Crippen LogP contribution is 2.26. The molecule has 3 N–H and O–H groups in total. The summed E-state index contributed by atoms with van der Waals surface area (Å²) in [5.74, 6) is -1.32. The van der Waals surface area contributed by atoms with E-state index < -0.39 is 11.9 Å². The van der Waals surface area contributed by atoms with E-state index in [1.165, 1.54) is 12.1 Å². The molecule has 0 saturated carbocycles. The fourth-order valence-electron chi connectivity index (χ4n) is 2.18. The molecular formula is C16H16O4. The van der Waals surface area contributed by atoms with Crippen LogP contribution < -0.4 is 0 Å². The monoisotopic (exact) mass is 272 g/mol. The molecule has 0 heterocycles. The van der Waals surface area contributed by atoms with Crippen molar-refractivity contribution in [3.63, 3.8) is 0 Å². The lowest BCUT2D eigenvalue weighted by molar-refractivity contribution is -0.138. The molecule has 104 valence electrons. The Labute approximate surface area is 116 Å². The van der Waals surface area contributed by atoms with Crippen LogP contribution in [-0.2, 0) is 11.2 Å². The van der Waals surface area contributed by atoms with Gasteiger partial charge in [0, 0.05) is 0 Å². The molecule has 1 atom stereocenters. The van der Waals surface area contributed by atoms with Gasteiger partial charge in [-0.2, -0.15) is 0 Å². The van der Waals surface area contributed by atoms with E-state index in [1.54, 1.807) is 30.3 Å². The van der Waals surface area contributed by atoms with Crippen molar-refractivity contribution in [2.75, 3.05) is 0 Å². The lowest BCUT2D eigenvalue weighted by Gasteiger charge is -2.15. The Morgan fingerprint density at radius 3 is 2.20 bits per heavy atom. The Morgan fingerprint density at radius 1 is 1.05 bits per heavy atom. The number of phenols is 2. The predicted molar refractivity (Wildman–Crippen MR) is 75.0 cm³/mol. The van der Waals surface area contributed by atoms with Gasteiger partial charge in [-0.1, -0.05) is 18.2 Å². The van der Waals surface area contributed by atoms with Gasteiger partial charge in [0.1, 0.15) is 11.5 Å². The minimum atomic E-state index is -0.914. The van der Waals surface area contributed by atoms with Crippen LogP contribution in [0, 0.1) is 6.92 Å². The number of aryl methyl sites for hydroxylation is 1. The maximum Gasteiger partial charge on any atom is 0.311 e. The number of hydrogen-bond acceptors (Lipinski definition) is 3. The lowest BCUT2D eigenvalue weighted by atomic mass is 9.90. The van der Waals surface area contributed by atoms with Crippen molar-refractivity contribution in [1.29, 1.82) is 0 Å². The number of carboxylic acid groups (broad SMARTS) is 1. The van der Waals surface area contributed by atoms with Crippen molar-refractivity contribution < 1.29 is 20.1 Å². The van der Waals surface area contributed by atoms with Gasteiger partial charge in [-0.3, -0.25) is 4.79 Å². The fourth-order valence-corrected chi connectivity index (χ4v) is 2.18. The summed E-state index contributed by atoms with van der Waals surface area (Å²) in [4.78, 5) is 11.5. The number of benzene rings is 2. The van der Waals surface area contributed by atoms with Crippen LogP contribution in [0.25, 0.3) is 0 Å².